The summed E-state index contributed by atoms with van der Waals surface area (Å²) in [5.74, 6) is 4.79. The maximum Gasteiger partial charge on any atom is 0.137 e. The Bertz CT molecular complexity index is 5500. The third-order valence-electron chi connectivity index (χ3n) is 25.8. The van der Waals surface area contributed by atoms with Gasteiger partial charge in [-0.1, -0.05) is 162 Å². The van der Waals surface area contributed by atoms with Gasteiger partial charge in [0, 0.05) is 93.0 Å². The Hall–Kier alpha value is -11.0. The minimum Gasteiger partial charge on any atom is -0.462 e. The second-order valence-corrected chi connectivity index (χ2v) is 31.7. The molecular formula is C102H92F2N2O3. The summed E-state index contributed by atoms with van der Waals surface area (Å²) in [5.41, 5.74) is 22.7. The second-order valence-electron chi connectivity index (χ2n) is 31.7. The highest BCUT2D eigenvalue weighted by Crippen LogP contribution is 2.67. The molecule has 1 heterocycles. The van der Waals surface area contributed by atoms with Gasteiger partial charge in [-0.3, -0.25) is 0 Å². The first kappa shape index (κ1) is 68.5. The predicted octanol–water partition coefficient (Wildman–Crippen LogP) is 27.8. The first-order chi connectivity index (χ1) is 53.7. The summed E-state index contributed by atoms with van der Waals surface area (Å²) in [6.45, 7) is 8.00. The largest absolute Gasteiger partial charge is 0.462 e. The zero-order valence-electron chi connectivity index (χ0n) is 62.0. The number of fused-ring (bicyclic) bond motifs is 6. The third kappa shape index (κ3) is 12.3. The molecule has 0 radical (unpaired) electrons. The molecule has 0 spiro atoms. The molecule has 12 aliphatic carbocycles. The van der Waals surface area contributed by atoms with Crippen LogP contribution in [0.15, 0.2) is 382 Å². The van der Waals surface area contributed by atoms with Crippen LogP contribution in [0.4, 0.5) is 37.2 Å². The molecule has 0 fully saturated rings. The SMILES string of the molecule is C=CC1C=CC(OC2=CC=C(C3(C4=CC=C(F)CC4)C4=C(C=CC(c5cccc(N(C6=CCCC=C6)c6ccc7c(c6)oc6cc(N(c8ccccc8)c8cccc(C9C=CC%10C%11=C(C=CCC%11)C(c%11ccc(OC%12=CCC(C=C)C=C%12)cc%11)(C%11C=CC(F)=CC%11)C%10C9)c8)ccc67)c5)C4)C4=C3CCCC4)CC2)=CC1. The Morgan fingerprint density at radius 1 is 0.505 bits per heavy atom. The van der Waals surface area contributed by atoms with Crippen molar-refractivity contribution in [2.75, 3.05) is 9.80 Å². The van der Waals surface area contributed by atoms with Crippen LogP contribution < -0.4 is 14.5 Å². The monoisotopic (exact) mass is 1430 g/mol. The van der Waals surface area contributed by atoms with E-state index in [0.717, 1.165) is 163 Å². The molecular weight excluding hydrogens is 1340 g/mol. The van der Waals surface area contributed by atoms with Gasteiger partial charge in [-0.2, -0.15) is 0 Å². The van der Waals surface area contributed by atoms with Gasteiger partial charge in [0.2, 0.25) is 0 Å². The molecule has 109 heavy (non-hydrogen) atoms. The van der Waals surface area contributed by atoms with Crippen LogP contribution in [0.25, 0.3) is 21.9 Å². The van der Waals surface area contributed by atoms with Crippen molar-refractivity contribution in [3.8, 4) is 5.75 Å². The van der Waals surface area contributed by atoms with Crippen LogP contribution in [-0.4, -0.2) is 0 Å². The Balaban J connectivity index is 0.630. The lowest BCUT2D eigenvalue weighted by molar-refractivity contribution is 0.211. The molecule has 0 N–H and O–H groups in total. The summed E-state index contributed by atoms with van der Waals surface area (Å²) in [6, 6.07) is 51.5. The first-order valence-corrected chi connectivity index (χ1v) is 40.1. The van der Waals surface area contributed by atoms with Crippen molar-refractivity contribution in [3.05, 3.63) is 394 Å². The van der Waals surface area contributed by atoms with Crippen molar-refractivity contribution < 1.29 is 22.7 Å². The Kier molecular flexibility index (Phi) is 18.1. The number of nitrogens with zero attached hydrogens (tertiary/aromatic N) is 2. The third-order valence-corrected chi connectivity index (χ3v) is 25.8. The lowest BCUT2D eigenvalue weighted by atomic mass is 9.55. The van der Waals surface area contributed by atoms with Crippen molar-refractivity contribution in [1.82, 2.24) is 0 Å². The zero-order chi connectivity index (χ0) is 73.2. The van der Waals surface area contributed by atoms with E-state index in [-0.39, 0.29) is 41.2 Å². The lowest BCUT2D eigenvalue weighted by Crippen LogP contribution is -2.43. The molecule has 0 saturated carbocycles. The maximum absolute atomic E-state index is 15.2. The number of halogens is 2. The highest BCUT2D eigenvalue weighted by molar-refractivity contribution is 6.07. The van der Waals surface area contributed by atoms with Gasteiger partial charge >= 0.3 is 0 Å². The average molecular weight is 1430 g/mol. The standard InChI is InChI=1S/C102H92F2N2O3/c1-3-67-29-49-85(50-30-67)107-87-53-39-75(40-54-87)101(73-35-43-77(103)44-36-73)95-27-13-11-25-89(95)91-57-33-71(63-97(91)101)69-17-15-23-81(61-69)105(79-19-7-5-8-20-79)83-47-59-93-94-60-48-84(66-100(94)109-99(93)65-83)106(80-21-9-6-10-22-80)82-24-16-18-70(62-82)72-34-58-92-90-26-12-14-28-96(90)102(98(92)64-72,74-37-45-78(104)46-38-74)76-41-55-88(56-42-76)108-86-51-31-68(4-2)32-52-86/h3-5,7-9,13,15-24,27,29,31,33-35,37,39-41,43-45,47-55,57-62,65-68,71-73,91,97H,1-2,6,10-12,14,25-26,28,30,32,36,38,42,46,56,63-64H2. The number of furan rings is 1. The van der Waals surface area contributed by atoms with E-state index in [0.29, 0.717) is 31.1 Å². The molecule has 0 aliphatic heterocycles. The van der Waals surface area contributed by atoms with Crippen LogP contribution in [0.3, 0.4) is 0 Å². The molecule has 6 aromatic carbocycles. The topological polar surface area (TPSA) is 38.1 Å². The summed E-state index contributed by atoms with van der Waals surface area (Å²) >= 11 is 0. The summed E-state index contributed by atoms with van der Waals surface area (Å²) in [7, 11) is 0. The second kappa shape index (κ2) is 28.8. The normalized spacial score (nSPS) is 26.7. The van der Waals surface area contributed by atoms with Crippen molar-refractivity contribution >= 4 is 50.4 Å². The molecule has 9 atom stereocenters. The average Bonchev–Trinajstić information content (AvgIpc) is 1.55. The number of para-hydroxylation sites is 1. The molecule has 542 valence electrons. The molecule has 7 aromatic rings. The number of allylic oxidation sites excluding steroid dienone is 35. The minimum atomic E-state index is -0.401. The van der Waals surface area contributed by atoms with E-state index < -0.39 is 10.8 Å². The number of rotatable bonds is 18. The molecule has 5 nitrogen and oxygen atoms in total. The first-order valence-electron chi connectivity index (χ1n) is 40.1. The molecule has 19 rings (SSSR count). The van der Waals surface area contributed by atoms with Gasteiger partial charge in [-0.25, -0.2) is 8.78 Å². The van der Waals surface area contributed by atoms with Crippen LogP contribution in [0.5, 0.6) is 5.75 Å². The van der Waals surface area contributed by atoms with Crippen LogP contribution >= 0.6 is 0 Å². The highest BCUT2D eigenvalue weighted by Gasteiger charge is 2.58. The number of hydrogen-bond donors (Lipinski definition) is 0. The van der Waals surface area contributed by atoms with Gasteiger partial charge in [-0.15, -0.1) is 13.2 Å². The summed E-state index contributed by atoms with van der Waals surface area (Å²) in [6.07, 6.45) is 68.2. The van der Waals surface area contributed by atoms with E-state index >= 15 is 8.78 Å². The Morgan fingerprint density at radius 3 is 1.87 bits per heavy atom. The Labute approximate surface area is 640 Å². The van der Waals surface area contributed by atoms with Gasteiger partial charge in [0.15, 0.2) is 0 Å². The van der Waals surface area contributed by atoms with Crippen LogP contribution in [-0.2, 0) is 10.2 Å². The summed E-state index contributed by atoms with van der Waals surface area (Å²) in [4.78, 5) is 4.79. The smallest absolute Gasteiger partial charge is 0.137 e. The van der Waals surface area contributed by atoms with Gasteiger partial charge in [0.25, 0.3) is 0 Å². The maximum atomic E-state index is 15.2. The molecule has 0 bridgehead atoms. The van der Waals surface area contributed by atoms with Gasteiger partial charge < -0.3 is 23.7 Å². The summed E-state index contributed by atoms with van der Waals surface area (Å²) < 4.78 is 50.7. The van der Waals surface area contributed by atoms with E-state index in [2.05, 4.69) is 278 Å². The fraction of sp³-hybridized carbons (Fsp3) is 0.255. The van der Waals surface area contributed by atoms with E-state index in [1.165, 1.54) is 62.1 Å². The molecule has 1 aromatic heterocycles. The van der Waals surface area contributed by atoms with Gasteiger partial charge in [-0.05, 0) is 292 Å². The predicted molar refractivity (Wildman–Crippen MR) is 443 cm³/mol. The minimum absolute atomic E-state index is 0.0351. The van der Waals surface area contributed by atoms with Gasteiger partial charge in [0.1, 0.15) is 45.8 Å². The van der Waals surface area contributed by atoms with E-state index in [1.807, 2.05) is 12.2 Å². The van der Waals surface area contributed by atoms with Crippen LogP contribution in [0, 0.1) is 35.0 Å². The van der Waals surface area contributed by atoms with Gasteiger partial charge in [0.05, 0.1) is 5.41 Å². The van der Waals surface area contributed by atoms with E-state index in [1.54, 1.807) is 23.8 Å². The molecule has 7 heteroatoms. The molecule has 0 amide bonds. The summed E-state index contributed by atoms with van der Waals surface area (Å²) in [5, 5.41) is 2.13. The zero-order valence-corrected chi connectivity index (χ0v) is 62.0. The highest BCUT2D eigenvalue weighted by atomic mass is 19.1. The van der Waals surface area contributed by atoms with Crippen molar-refractivity contribution in [2.24, 2.45) is 35.0 Å². The van der Waals surface area contributed by atoms with Crippen molar-refractivity contribution in [2.45, 2.75) is 126 Å². The molecule has 12 aliphatic rings. The lowest BCUT2D eigenvalue weighted by Gasteiger charge is -2.47. The number of anilines is 5. The van der Waals surface area contributed by atoms with E-state index in [9.17, 15) is 0 Å². The van der Waals surface area contributed by atoms with Crippen molar-refractivity contribution in [1.29, 1.82) is 0 Å². The number of hydrogen-bond acceptors (Lipinski definition) is 5. The number of ether oxygens (including phenoxy) is 2. The Morgan fingerprint density at radius 2 is 1.19 bits per heavy atom. The van der Waals surface area contributed by atoms with Crippen LogP contribution in [0.2, 0.25) is 0 Å². The number of benzene rings is 6. The van der Waals surface area contributed by atoms with Crippen molar-refractivity contribution in [3.63, 3.8) is 0 Å². The molecule has 0 saturated heterocycles. The molecule has 9 unspecified atom stereocenters. The van der Waals surface area contributed by atoms with E-state index in [4.69, 9.17) is 13.9 Å². The quantitative estimate of drug-likeness (QED) is 0.0801. The van der Waals surface area contributed by atoms with Crippen LogP contribution in [0.1, 0.15) is 138 Å². The fourth-order valence-corrected chi connectivity index (χ4v) is 20.8. The fourth-order valence-electron chi connectivity index (χ4n) is 20.8.